The maximum Gasteiger partial charge on any atom is 0.255 e. The first kappa shape index (κ1) is 16.1. The number of anilines is 1. The summed E-state index contributed by atoms with van der Waals surface area (Å²) >= 11 is 0. The summed E-state index contributed by atoms with van der Waals surface area (Å²) in [5, 5.41) is 2.91. The number of carbonyl (C=O) groups excluding carboxylic acids is 1. The number of nitrogens with one attached hydrogen (secondary N) is 1. The van der Waals surface area contributed by atoms with Gasteiger partial charge in [-0.15, -0.1) is 0 Å². The van der Waals surface area contributed by atoms with Crippen LogP contribution in [0.3, 0.4) is 0 Å². The first-order valence-electron chi connectivity index (χ1n) is 8.43. The highest BCUT2D eigenvalue weighted by Crippen LogP contribution is 2.31. The number of pyridine rings is 1. The molecule has 2 aromatic carbocycles. The second-order valence-corrected chi connectivity index (χ2v) is 6.08. The van der Waals surface area contributed by atoms with Crippen LogP contribution in [0.15, 0.2) is 60.8 Å². The zero-order valence-corrected chi connectivity index (χ0v) is 14.4. The van der Waals surface area contributed by atoms with Crippen LogP contribution in [-0.2, 0) is 0 Å². The number of rotatable bonds is 3. The lowest BCUT2D eigenvalue weighted by Crippen LogP contribution is -2.17. The van der Waals surface area contributed by atoms with Crippen molar-refractivity contribution in [1.82, 2.24) is 4.98 Å². The highest BCUT2D eigenvalue weighted by molar-refractivity contribution is 6.04. The van der Waals surface area contributed by atoms with Crippen LogP contribution in [0, 0.1) is 6.92 Å². The van der Waals surface area contributed by atoms with E-state index in [4.69, 9.17) is 9.47 Å². The number of hydrogen-bond donors (Lipinski definition) is 1. The maximum atomic E-state index is 12.5. The third kappa shape index (κ3) is 3.37. The van der Waals surface area contributed by atoms with Crippen molar-refractivity contribution in [2.24, 2.45) is 0 Å². The molecule has 2 heterocycles. The van der Waals surface area contributed by atoms with Gasteiger partial charge in [0.15, 0.2) is 11.5 Å². The minimum absolute atomic E-state index is 0.186. The average Bonchev–Trinajstić information content (AvgIpc) is 2.68. The van der Waals surface area contributed by atoms with Crippen LogP contribution >= 0.6 is 0 Å². The standard InChI is InChI=1S/C21H18N2O3/c1-14-12-16(8-9-22-14)15-2-5-18(6-3-15)23-21(24)17-4-7-19-20(13-17)26-11-10-25-19/h2-9,12-13H,10-11H2,1H3,(H,23,24). The van der Waals surface area contributed by atoms with Crippen molar-refractivity contribution >= 4 is 11.6 Å². The van der Waals surface area contributed by atoms with E-state index in [1.165, 1.54) is 0 Å². The number of benzene rings is 2. The number of nitrogens with zero attached hydrogens (tertiary/aromatic N) is 1. The molecule has 5 nitrogen and oxygen atoms in total. The molecule has 4 rings (SSSR count). The van der Waals surface area contributed by atoms with Crippen LogP contribution in [0.4, 0.5) is 5.69 Å². The maximum absolute atomic E-state index is 12.5. The fourth-order valence-electron chi connectivity index (χ4n) is 2.86. The van der Waals surface area contributed by atoms with Crippen LogP contribution in [0.1, 0.15) is 16.1 Å². The monoisotopic (exact) mass is 346 g/mol. The first-order chi connectivity index (χ1) is 12.7. The minimum Gasteiger partial charge on any atom is -0.486 e. The molecule has 0 bridgehead atoms. The summed E-state index contributed by atoms with van der Waals surface area (Å²) in [6, 6.07) is 16.9. The molecule has 0 atom stereocenters. The molecule has 0 unspecified atom stereocenters. The second-order valence-electron chi connectivity index (χ2n) is 6.08. The Morgan fingerprint density at radius 1 is 0.923 bits per heavy atom. The SMILES string of the molecule is Cc1cc(-c2ccc(NC(=O)c3ccc4c(c3)OCCO4)cc2)ccn1. The van der Waals surface area contributed by atoms with Gasteiger partial charge in [0.25, 0.3) is 5.91 Å². The zero-order valence-electron chi connectivity index (χ0n) is 14.4. The van der Waals surface area contributed by atoms with Gasteiger partial charge in [0.05, 0.1) is 0 Å². The Hall–Kier alpha value is -3.34. The van der Waals surface area contributed by atoms with Crippen LogP contribution in [0.25, 0.3) is 11.1 Å². The van der Waals surface area contributed by atoms with E-state index in [-0.39, 0.29) is 5.91 Å². The molecule has 5 heteroatoms. The fraction of sp³-hybridized carbons (Fsp3) is 0.143. The van der Waals surface area contributed by atoms with Gasteiger partial charge in [0.2, 0.25) is 0 Å². The third-order valence-electron chi connectivity index (χ3n) is 4.18. The van der Waals surface area contributed by atoms with E-state index in [1.807, 2.05) is 43.3 Å². The topological polar surface area (TPSA) is 60.5 Å². The molecule has 1 amide bonds. The molecule has 0 spiro atoms. The predicted molar refractivity (Wildman–Crippen MR) is 99.8 cm³/mol. The highest BCUT2D eigenvalue weighted by atomic mass is 16.6. The number of fused-ring (bicyclic) bond motifs is 1. The molecule has 0 saturated heterocycles. The van der Waals surface area contributed by atoms with Crippen molar-refractivity contribution in [3.8, 4) is 22.6 Å². The summed E-state index contributed by atoms with van der Waals surface area (Å²) in [7, 11) is 0. The van der Waals surface area contributed by atoms with Crippen LogP contribution in [0.5, 0.6) is 11.5 Å². The van der Waals surface area contributed by atoms with Gasteiger partial charge in [-0.1, -0.05) is 12.1 Å². The van der Waals surface area contributed by atoms with Crippen LogP contribution < -0.4 is 14.8 Å². The number of aryl methyl sites for hydroxylation is 1. The van der Waals surface area contributed by atoms with E-state index in [0.29, 0.717) is 30.3 Å². The van der Waals surface area contributed by atoms with Gasteiger partial charge >= 0.3 is 0 Å². The molecular weight excluding hydrogens is 328 g/mol. The van der Waals surface area contributed by atoms with Crippen molar-refractivity contribution in [2.45, 2.75) is 6.92 Å². The van der Waals surface area contributed by atoms with Gasteiger partial charge in [0, 0.05) is 23.1 Å². The molecule has 3 aromatic rings. The molecule has 0 saturated carbocycles. The average molecular weight is 346 g/mol. The largest absolute Gasteiger partial charge is 0.486 e. The van der Waals surface area contributed by atoms with Gasteiger partial charge in [0.1, 0.15) is 13.2 Å². The second kappa shape index (κ2) is 6.88. The lowest BCUT2D eigenvalue weighted by Gasteiger charge is -2.18. The Kier molecular flexibility index (Phi) is 4.27. The summed E-state index contributed by atoms with van der Waals surface area (Å²) in [5.74, 6) is 1.09. The number of aromatic nitrogens is 1. The van der Waals surface area contributed by atoms with Crippen molar-refractivity contribution in [3.63, 3.8) is 0 Å². The first-order valence-corrected chi connectivity index (χ1v) is 8.43. The molecule has 0 radical (unpaired) electrons. The normalized spacial score (nSPS) is 12.5. The Bertz CT molecular complexity index is 952. The van der Waals surface area contributed by atoms with Gasteiger partial charge in [-0.05, 0) is 60.5 Å². The predicted octanol–water partition coefficient (Wildman–Crippen LogP) is 4.08. The van der Waals surface area contributed by atoms with Crippen molar-refractivity contribution in [2.75, 3.05) is 18.5 Å². The summed E-state index contributed by atoms with van der Waals surface area (Å²) in [6.45, 7) is 2.99. The fourth-order valence-corrected chi connectivity index (χ4v) is 2.86. The lowest BCUT2D eigenvalue weighted by atomic mass is 10.1. The van der Waals surface area contributed by atoms with Crippen molar-refractivity contribution < 1.29 is 14.3 Å². The van der Waals surface area contributed by atoms with E-state index in [9.17, 15) is 4.79 Å². The van der Waals surface area contributed by atoms with Crippen molar-refractivity contribution in [3.05, 3.63) is 72.1 Å². The van der Waals surface area contributed by atoms with Gasteiger partial charge in [-0.3, -0.25) is 9.78 Å². The van der Waals surface area contributed by atoms with Gasteiger partial charge in [-0.25, -0.2) is 0 Å². The highest BCUT2D eigenvalue weighted by Gasteiger charge is 2.15. The van der Waals surface area contributed by atoms with Gasteiger partial charge < -0.3 is 14.8 Å². The van der Waals surface area contributed by atoms with Crippen molar-refractivity contribution in [1.29, 1.82) is 0 Å². The summed E-state index contributed by atoms with van der Waals surface area (Å²) < 4.78 is 11.0. The zero-order chi connectivity index (χ0) is 17.9. The van der Waals surface area contributed by atoms with E-state index in [2.05, 4.69) is 10.3 Å². The third-order valence-corrected chi connectivity index (χ3v) is 4.18. The Morgan fingerprint density at radius 3 is 2.46 bits per heavy atom. The van der Waals surface area contributed by atoms with E-state index < -0.39 is 0 Å². The molecule has 1 aliphatic rings. The smallest absolute Gasteiger partial charge is 0.255 e. The van der Waals surface area contributed by atoms with Crippen LogP contribution in [-0.4, -0.2) is 24.1 Å². The number of hydrogen-bond acceptors (Lipinski definition) is 4. The molecular formula is C21H18N2O3. The Morgan fingerprint density at radius 2 is 1.69 bits per heavy atom. The quantitative estimate of drug-likeness (QED) is 0.776. The number of carbonyl (C=O) groups is 1. The molecule has 1 N–H and O–H groups in total. The minimum atomic E-state index is -0.186. The summed E-state index contributed by atoms with van der Waals surface area (Å²) in [4.78, 5) is 16.7. The molecule has 1 aromatic heterocycles. The van der Waals surface area contributed by atoms with E-state index >= 15 is 0 Å². The molecule has 0 fully saturated rings. The van der Waals surface area contributed by atoms with Crippen LogP contribution in [0.2, 0.25) is 0 Å². The lowest BCUT2D eigenvalue weighted by molar-refractivity contribution is 0.102. The Balaban J connectivity index is 1.49. The number of ether oxygens (including phenoxy) is 2. The molecule has 130 valence electrons. The van der Waals surface area contributed by atoms with E-state index in [1.54, 1.807) is 24.4 Å². The van der Waals surface area contributed by atoms with E-state index in [0.717, 1.165) is 22.5 Å². The Labute approximate surface area is 151 Å². The van der Waals surface area contributed by atoms with Gasteiger partial charge in [-0.2, -0.15) is 0 Å². The molecule has 1 aliphatic heterocycles. The summed E-state index contributed by atoms with van der Waals surface area (Å²) in [6.07, 6.45) is 1.79. The molecule has 26 heavy (non-hydrogen) atoms. The molecule has 0 aliphatic carbocycles. The number of amides is 1. The summed E-state index contributed by atoms with van der Waals surface area (Å²) in [5.41, 5.74) is 4.41.